The van der Waals surface area contributed by atoms with Crippen molar-refractivity contribution in [2.75, 3.05) is 6.61 Å². The van der Waals surface area contributed by atoms with Crippen LogP contribution in [-0.2, 0) is 31.2 Å². The Hall–Kier alpha value is -2.43. The molecule has 0 unspecified atom stereocenters. The van der Waals surface area contributed by atoms with E-state index in [0.717, 1.165) is 5.56 Å². The van der Waals surface area contributed by atoms with E-state index in [1.807, 2.05) is 11.6 Å². The second-order valence-corrected chi connectivity index (χ2v) is 8.74. The largest absolute Gasteiger partial charge is 0.448 e. The van der Waals surface area contributed by atoms with E-state index in [9.17, 15) is 21.6 Å². The molecule has 0 heterocycles. The Morgan fingerprint density at radius 2 is 1.50 bits per heavy atom. The second kappa shape index (κ2) is 7.85. The Morgan fingerprint density at radius 3 is 2.04 bits per heavy atom. The van der Waals surface area contributed by atoms with Crippen LogP contribution in [0.5, 0.6) is 0 Å². The van der Waals surface area contributed by atoms with E-state index >= 15 is 0 Å². The van der Waals surface area contributed by atoms with Crippen molar-refractivity contribution < 1.29 is 26.4 Å². The molecule has 0 bridgehead atoms. The number of nitrogens with two attached hydrogens (primary N) is 1. The summed E-state index contributed by atoms with van der Waals surface area (Å²) in [5, 5.41) is 5.00. The number of benzene rings is 2. The summed E-state index contributed by atoms with van der Waals surface area (Å²) in [7, 11) is -7.76. The lowest BCUT2D eigenvalue weighted by molar-refractivity contribution is 0.154. The maximum Gasteiger partial charge on any atom is 0.421 e. The van der Waals surface area contributed by atoms with Crippen molar-refractivity contribution in [3.8, 4) is 0 Å². The van der Waals surface area contributed by atoms with Gasteiger partial charge in [0.05, 0.1) is 16.4 Å². The first-order chi connectivity index (χ1) is 12.1. The molecule has 0 aliphatic rings. The van der Waals surface area contributed by atoms with Crippen LogP contribution in [0.25, 0.3) is 0 Å². The van der Waals surface area contributed by atoms with Gasteiger partial charge in [0.2, 0.25) is 10.0 Å². The van der Waals surface area contributed by atoms with Gasteiger partial charge in [-0.15, -0.1) is 0 Å². The van der Waals surface area contributed by atoms with Gasteiger partial charge in [-0.25, -0.2) is 31.5 Å². The minimum absolute atomic E-state index is 0.0240. The van der Waals surface area contributed by atoms with Crippen molar-refractivity contribution in [1.29, 1.82) is 0 Å². The number of ether oxygens (including phenoxy) is 1. The molecule has 0 spiro atoms. The molecule has 10 heteroatoms. The second-order valence-electron chi connectivity index (χ2n) is 5.49. The summed E-state index contributed by atoms with van der Waals surface area (Å²) in [5.74, 6) is 0. The normalized spacial score (nSPS) is 11.8. The van der Waals surface area contributed by atoms with Crippen molar-refractivity contribution in [1.82, 2.24) is 4.72 Å². The van der Waals surface area contributed by atoms with Gasteiger partial charge >= 0.3 is 6.09 Å². The highest BCUT2D eigenvalue weighted by Gasteiger charge is 2.18. The zero-order valence-corrected chi connectivity index (χ0v) is 15.5. The Bertz CT molecular complexity index is 982. The number of nitrogens with one attached hydrogen (secondary N) is 1. The van der Waals surface area contributed by atoms with Crippen LogP contribution in [0.3, 0.4) is 0 Å². The molecule has 2 aromatic rings. The van der Waals surface area contributed by atoms with Gasteiger partial charge in [-0.2, -0.15) is 0 Å². The molecule has 0 aliphatic carbocycles. The molecule has 0 atom stereocenters. The van der Waals surface area contributed by atoms with Gasteiger partial charge in [0.15, 0.2) is 0 Å². The van der Waals surface area contributed by atoms with Gasteiger partial charge in [0.25, 0.3) is 10.0 Å². The summed E-state index contributed by atoms with van der Waals surface area (Å²) in [5.41, 5.74) is 1.59. The first-order valence-corrected chi connectivity index (χ1v) is 10.5. The lowest BCUT2D eigenvalue weighted by atomic mass is 10.2. The molecular formula is C16H18N2O6S2. The van der Waals surface area contributed by atoms with Crippen molar-refractivity contribution in [3.05, 3.63) is 59.7 Å². The third kappa shape index (κ3) is 5.55. The molecule has 3 N–H and O–H groups in total. The van der Waals surface area contributed by atoms with E-state index in [2.05, 4.69) is 0 Å². The van der Waals surface area contributed by atoms with E-state index in [4.69, 9.17) is 9.88 Å². The van der Waals surface area contributed by atoms with Crippen LogP contribution in [0.15, 0.2) is 58.3 Å². The number of amides is 1. The maximum atomic E-state index is 12.0. The highest BCUT2D eigenvalue weighted by molar-refractivity contribution is 7.90. The van der Waals surface area contributed by atoms with Gasteiger partial charge in [0.1, 0.15) is 0 Å². The van der Waals surface area contributed by atoms with Gasteiger partial charge in [-0.1, -0.05) is 29.8 Å². The van der Waals surface area contributed by atoms with E-state index in [0.29, 0.717) is 5.56 Å². The van der Waals surface area contributed by atoms with Crippen LogP contribution in [-0.4, -0.2) is 29.5 Å². The predicted octanol–water partition coefficient (Wildman–Crippen LogP) is 1.30. The molecule has 1 amide bonds. The number of carbonyl (C=O) groups is 1. The van der Waals surface area contributed by atoms with E-state index in [1.165, 1.54) is 36.4 Å². The first kappa shape index (κ1) is 19.9. The Labute approximate surface area is 152 Å². The molecule has 0 aliphatic heterocycles. The molecule has 0 radical (unpaired) electrons. The lowest BCUT2D eigenvalue weighted by Gasteiger charge is -2.08. The standard InChI is InChI=1S/C16H18N2O6S2/c1-12-2-6-15(7-3-12)26(22,23)18-16(19)24-11-10-13-4-8-14(9-5-13)25(17,20)21/h2-9H,10-11H2,1H3,(H,18,19)(H2,17,20,21). The van der Waals surface area contributed by atoms with E-state index in [1.54, 1.807) is 12.1 Å². The average Bonchev–Trinajstić information content (AvgIpc) is 2.54. The molecule has 0 saturated heterocycles. The Balaban J connectivity index is 1.88. The monoisotopic (exact) mass is 398 g/mol. The number of rotatable bonds is 6. The van der Waals surface area contributed by atoms with Crippen molar-refractivity contribution in [2.24, 2.45) is 5.14 Å². The molecule has 26 heavy (non-hydrogen) atoms. The minimum atomic E-state index is -4.00. The van der Waals surface area contributed by atoms with Crippen molar-refractivity contribution in [3.63, 3.8) is 0 Å². The summed E-state index contributed by atoms with van der Waals surface area (Å²) in [6.07, 6.45) is -0.810. The summed E-state index contributed by atoms with van der Waals surface area (Å²) < 4.78 is 53.1. The molecule has 2 aromatic carbocycles. The molecule has 0 saturated carbocycles. The molecule has 8 nitrogen and oxygen atoms in total. The van der Waals surface area contributed by atoms with Crippen molar-refractivity contribution in [2.45, 2.75) is 23.1 Å². The van der Waals surface area contributed by atoms with Crippen LogP contribution >= 0.6 is 0 Å². The number of hydrogen-bond donors (Lipinski definition) is 2. The van der Waals surface area contributed by atoms with E-state index in [-0.39, 0.29) is 22.8 Å². The third-order valence-corrected chi connectivity index (χ3v) is 5.68. The van der Waals surface area contributed by atoms with Gasteiger partial charge in [-0.3, -0.25) is 0 Å². The van der Waals surface area contributed by atoms with Crippen LogP contribution in [0.1, 0.15) is 11.1 Å². The summed E-state index contributed by atoms with van der Waals surface area (Å²) >= 11 is 0. The Morgan fingerprint density at radius 1 is 0.962 bits per heavy atom. The number of primary sulfonamides is 1. The molecular weight excluding hydrogens is 380 g/mol. The summed E-state index contributed by atoms with van der Waals surface area (Å²) in [6.45, 7) is 1.73. The zero-order valence-electron chi connectivity index (χ0n) is 13.9. The SMILES string of the molecule is Cc1ccc(S(=O)(=O)NC(=O)OCCc2ccc(S(N)(=O)=O)cc2)cc1. The van der Waals surface area contributed by atoms with Crippen LogP contribution < -0.4 is 9.86 Å². The first-order valence-electron chi connectivity index (χ1n) is 7.46. The van der Waals surface area contributed by atoms with Crippen molar-refractivity contribution >= 4 is 26.1 Å². The smallest absolute Gasteiger partial charge is 0.421 e. The Kier molecular flexibility index (Phi) is 6.01. The molecule has 0 aromatic heterocycles. The minimum Gasteiger partial charge on any atom is -0.448 e. The number of hydrogen-bond acceptors (Lipinski definition) is 6. The van der Waals surface area contributed by atoms with E-state index < -0.39 is 26.1 Å². The zero-order chi connectivity index (χ0) is 19.4. The van der Waals surface area contributed by atoms with Crippen LogP contribution in [0.2, 0.25) is 0 Å². The topological polar surface area (TPSA) is 133 Å². The summed E-state index contributed by atoms with van der Waals surface area (Å²) in [4.78, 5) is 11.6. The number of aryl methyl sites for hydroxylation is 1. The predicted molar refractivity (Wildman–Crippen MR) is 94.4 cm³/mol. The molecule has 0 fully saturated rings. The average molecular weight is 398 g/mol. The fourth-order valence-corrected chi connectivity index (χ4v) is 3.43. The van der Waals surface area contributed by atoms with Crippen LogP contribution in [0, 0.1) is 6.92 Å². The van der Waals surface area contributed by atoms with Crippen LogP contribution in [0.4, 0.5) is 4.79 Å². The summed E-state index contributed by atoms with van der Waals surface area (Å²) in [6, 6.07) is 11.7. The number of sulfonamides is 2. The third-order valence-electron chi connectivity index (χ3n) is 3.42. The quantitative estimate of drug-likeness (QED) is 0.754. The molecule has 140 valence electrons. The molecule has 2 rings (SSSR count). The van der Waals surface area contributed by atoms with Gasteiger partial charge in [0, 0.05) is 6.42 Å². The fraction of sp³-hybridized carbons (Fsp3) is 0.188. The highest BCUT2D eigenvalue weighted by atomic mass is 32.2. The van der Waals surface area contributed by atoms with Gasteiger partial charge < -0.3 is 4.74 Å². The lowest BCUT2D eigenvalue weighted by Crippen LogP contribution is -2.31. The van der Waals surface area contributed by atoms with Gasteiger partial charge in [-0.05, 0) is 36.8 Å². The highest BCUT2D eigenvalue weighted by Crippen LogP contribution is 2.11. The maximum absolute atomic E-state index is 12.0. The number of carbonyl (C=O) groups excluding carboxylic acids is 1. The fourth-order valence-electron chi connectivity index (χ4n) is 2.02.